The van der Waals surface area contributed by atoms with Crippen molar-refractivity contribution in [1.82, 2.24) is 4.90 Å². The number of ether oxygens (including phenoxy) is 1. The minimum Gasteiger partial charge on any atom is -0.383 e. The number of rotatable bonds is 5. The second-order valence-corrected chi connectivity index (χ2v) is 5.47. The van der Waals surface area contributed by atoms with Crippen LogP contribution >= 0.6 is 0 Å². The van der Waals surface area contributed by atoms with Crippen LogP contribution in [0, 0.1) is 12.8 Å². The van der Waals surface area contributed by atoms with E-state index in [9.17, 15) is 0 Å². The minimum atomic E-state index is 0.864. The number of nitrogens with zero attached hydrogens (tertiary/aromatic N) is 1. The molecule has 0 amide bonds. The molecule has 100 valence electrons. The van der Waals surface area contributed by atoms with E-state index in [1.54, 1.807) is 7.11 Å². The first-order valence-electron chi connectivity index (χ1n) is 7.05. The first-order chi connectivity index (χ1) is 8.78. The fourth-order valence-electron chi connectivity index (χ4n) is 2.69. The van der Waals surface area contributed by atoms with Gasteiger partial charge in [0.05, 0.1) is 6.61 Å². The molecule has 0 atom stereocenters. The summed E-state index contributed by atoms with van der Waals surface area (Å²) >= 11 is 0. The Morgan fingerprint density at radius 2 is 1.83 bits per heavy atom. The van der Waals surface area contributed by atoms with Gasteiger partial charge in [0.2, 0.25) is 0 Å². The van der Waals surface area contributed by atoms with Crippen LogP contribution in [-0.2, 0) is 11.2 Å². The Labute approximate surface area is 111 Å². The van der Waals surface area contributed by atoms with E-state index in [1.807, 2.05) is 0 Å². The van der Waals surface area contributed by atoms with E-state index >= 15 is 0 Å². The molecule has 0 aliphatic carbocycles. The van der Waals surface area contributed by atoms with Gasteiger partial charge in [-0.1, -0.05) is 29.8 Å². The van der Waals surface area contributed by atoms with Gasteiger partial charge in [0, 0.05) is 13.7 Å². The van der Waals surface area contributed by atoms with Crippen molar-refractivity contribution in [2.75, 3.05) is 33.4 Å². The van der Waals surface area contributed by atoms with Crippen LogP contribution in [0.2, 0.25) is 0 Å². The van der Waals surface area contributed by atoms with Crippen molar-refractivity contribution in [1.29, 1.82) is 0 Å². The van der Waals surface area contributed by atoms with Crippen LogP contribution in [0.4, 0.5) is 0 Å². The van der Waals surface area contributed by atoms with Crippen LogP contribution < -0.4 is 0 Å². The van der Waals surface area contributed by atoms with Gasteiger partial charge in [0.15, 0.2) is 0 Å². The lowest BCUT2D eigenvalue weighted by Crippen LogP contribution is -2.36. The molecule has 0 bridgehead atoms. The number of methoxy groups -OCH3 is 1. The number of hydrogen-bond acceptors (Lipinski definition) is 2. The molecule has 0 radical (unpaired) electrons. The zero-order chi connectivity index (χ0) is 12.8. The number of aryl methyl sites for hydroxylation is 1. The third-order valence-electron chi connectivity index (χ3n) is 3.96. The summed E-state index contributed by atoms with van der Waals surface area (Å²) < 4.78 is 5.14. The van der Waals surface area contributed by atoms with Gasteiger partial charge in [-0.3, -0.25) is 0 Å². The fourth-order valence-corrected chi connectivity index (χ4v) is 2.69. The van der Waals surface area contributed by atoms with E-state index in [2.05, 4.69) is 36.1 Å². The van der Waals surface area contributed by atoms with Gasteiger partial charge < -0.3 is 9.64 Å². The van der Waals surface area contributed by atoms with Crippen LogP contribution in [0.15, 0.2) is 24.3 Å². The molecule has 2 nitrogen and oxygen atoms in total. The van der Waals surface area contributed by atoms with Crippen LogP contribution in [0.3, 0.4) is 0 Å². The molecule has 2 rings (SSSR count). The molecular weight excluding hydrogens is 222 g/mol. The predicted molar refractivity (Wildman–Crippen MR) is 75.9 cm³/mol. The molecular formula is C16H25NO. The normalized spacial score (nSPS) is 18.1. The van der Waals surface area contributed by atoms with E-state index in [1.165, 1.54) is 43.5 Å². The summed E-state index contributed by atoms with van der Waals surface area (Å²) in [6.45, 7) is 6.58. The van der Waals surface area contributed by atoms with Crippen molar-refractivity contribution in [2.45, 2.75) is 26.2 Å². The maximum Gasteiger partial charge on any atom is 0.0589 e. The predicted octanol–water partition coefficient (Wildman–Crippen LogP) is 2.90. The van der Waals surface area contributed by atoms with Crippen LogP contribution in [0.25, 0.3) is 0 Å². The average Bonchev–Trinajstić information content (AvgIpc) is 2.41. The maximum atomic E-state index is 5.14. The number of benzene rings is 1. The Bertz CT molecular complexity index is 339. The van der Waals surface area contributed by atoms with E-state index in [0.29, 0.717) is 0 Å². The van der Waals surface area contributed by atoms with Gasteiger partial charge >= 0.3 is 0 Å². The zero-order valence-corrected chi connectivity index (χ0v) is 11.7. The SMILES string of the molecule is COCCN1CCC(Cc2ccc(C)cc2)CC1. The van der Waals surface area contributed by atoms with Crippen LogP contribution in [-0.4, -0.2) is 38.3 Å². The van der Waals surface area contributed by atoms with E-state index in [-0.39, 0.29) is 0 Å². The zero-order valence-electron chi connectivity index (χ0n) is 11.7. The summed E-state index contributed by atoms with van der Waals surface area (Å²) in [5.41, 5.74) is 2.85. The summed E-state index contributed by atoms with van der Waals surface area (Å²) in [4.78, 5) is 2.52. The van der Waals surface area contributed by atoms with Gasteiger partial charge in [-0.15, -0.1) is 0 Å². The summed E-state index contributed by atoms with van der Waals surface area (Å²) in [7, 11) is 1.78. The molecule has 1 aromatic rings. The highest BCUT2D eigenvalue weighted by atomic mass is 16.5. The Kier molecular flexibility index (Phi) is 5.21. The molecule has 1 fully saturated rings. The molecule has 1 aromatic carbocycles. The maximum absolute atomic E-state index is 5.14. The number of hydrogen-bond donors (Lipinski definition) is 0. The number of likely N-dealkylation sites (tertiary alicyclic amines) is 1. The molecule has 0 spiro atoms. The number of piperidine rings is 1. The molecule has 18 heavy (non-hydrogen) atoms. The fraction of sp³-hybridized carbons (Fsp3) is 0.625. The molecule has 1 aliphatic rings. The van der Waals surface area contributed by atoms with Gasteiger partial charge in [0.1, 0.15) is 0 Å². The molecule has 0 aromatic heterocycles. The highest BCUT2D eigenvalue weighted by molar-refractivity contribution is 5.21. The largest absolute Gasteiger partial charge is 0.383 e. The van der Waals surface area contributed by atoms with Crippen molar-refractivity contribution < 1.29 is 4.74 Å². The topological polar surface area (TPSA) is 12.5 Å². The van der Waals surface area contributed by atoms with Crippen molar-refractivity contribution >= 4 is 0 Å². The summed E-state index contributed by atoms with van der Waals surface area (Å²) in [5.74, 6) is 0.867. The molecule has 1 saturated heterocycles. The molecule has 0 saturated carbocycles. The first kappa shape index (κ1) is 13.6. The Morgan fingerprint density at radius 3 is 2.44 bits per heavy atom. The third-order valence-corrected chi connectivity index (χ3v) is 3.96. The Hall–Kier alpha value is -0.860. The molecule has 0 N–H and O–H groups in total. The highest BCUT2D eigenvalue weighted by Gasteiger charge is 2.18. The molecule has 0 unspecified atom stereocenters. The smallest absolute Gasteiger partial charge is 0.0589 e. The summed E-state index contributed by atoms with van der Waals surface area (Å²) in [6, 6.07) is 9.02. The Morgan fingerprint density at radius 1 is 1.17 bits per heavy atom. The lowest BCUT2D eigenvalue weighted by atomic mass is 9.90. The standard InChI is InChI=1S/C16H25NO/c1-14-3-5-15(6-4-14)13-16-7-9-17(10-8-16)11-12-18-2/h3-6,16H,7-13H2,1-2H3. The second kappa shape index (κ2) is 6.91. The Balaban J connectivity index is 1.74. The quantitative estimate of drug-likeness (QED) is 0.793. The highest BCUT2D eigenvalue weighted by Crippen LogP contribution is 2.21. The second-order valence-electron chi connectivity index (χ2n) is 5.47. The first-order valence-corrected chi connectivity index (χ1v) is 7.05. The summed E-state index contributed by atoms with van der Waals surface area (Å²) in [5, 5.41) is 0. The summed E-state index contributed by atoms with van der Waals surface area (Å²) in [6.07, 6.45) is 3.91. The monoisotopic (exact) mass is 247 g/mol. The van der Waals surface area contributed by atoms with E-state index < -0.39 is 0 Å². The van der Waals surface area contributed by atoms with E-state index in [0.717, 1.165) is 19.1 Å². The molecule has 1 aliphatic heterocycles. The lowest BCUT2D eigenvalue weighted by molar-refractivity contribution is 0.120. The van der Waals surface area contributed by atoms with Crippen LogP contribution in [0.5, 0.6) is 0 Å². The van der Waals surface area contributed by atoms with Crippen molar-refractivity contribution in [3.63, 3.8) is 0 Å². The van der Waals surface area contributed by atoms with Gasteiger partial charge in [0.25, 0.3) is 0 Å². The van der Waals surface area contributed by atoms with Crippen molar-refractivity contribution in [3.8, 4) is 0 Å². The molecule has 1 heterocycles. The molecule has 2 heteroatoms. The minimum absolute atomic E-state index is 0.864. The van der Waals surface area contributed by atoms with Gasteiger partial charge in [-0.2, -0.15) is 0 Å². The average molecular weight is 247 g/mol. The van der Waals surface area contributed by atoms with Gasteiger partial charge in [-0.05, 0) is 50.8 Å². The van der Waals surface area contributed by atoms with E-state index in [4.69, 9.17) is 4.74 Å². The van der Waals surface area contributed by atoms with Crippen molar-refractivity contribution in [3.05, 3.63) is 35.4 Å². The third kappa shape index (κ3) is 4.11. The van der Waals surface area contributed by atoms with Crippen LogP contribution in [0.1, 0.15) is 24.0 Å². The van der Waals surface area contributed by atoms with Gasteiger partial charge in [-0.25, -0.2) is 0 Å². The lowest BCUT2D eigenvalue weighted by Gasteiger charge is -2.31. The van der Waals surface area contributed by atoms with Crippen molar-refractivity contribution in [2.24, 2.45) is 5.92 Å².